The maximum atomic E-state index is 7.52. The molecule has 110 valence electrons. The van der Waals surface area contributed by atoms with Crippen molar-refractivity contribution in [3.8, 4) is 11.5 Å². The summed E-state index contributed by atoms with van der Waals surface area (Å²) in [5.41, 5.74) is 8.23. The van der Waals surface area contributed by atoms with E-state index in [9.17, 15) is 0 Å². The number of methoxy groups -OCH3 is 1. The van der Waals surface area contributed by atoms with Crippen molar-refractivity contribution in [3.05, 3.63) is 59.2 Å². The summed E-state index contributed by atoms with van der Waals surface area (Å²) in [6.45, 7) is 2.47. The predicted molar refractivity (Wildman–Crippen MR) is 84.2 cm³/mol. The van der Waals surface area contributed by atoms with Crippen molar-refractivity contribution in [2.75, 3.05) is 7.11 Å². The van der Waals surface area contributed by atoms with Crippen LogP contribution in [0.3, 0.4) is 0 Å². The van der Waals surface area contributed by atoms with Crippen LogP contribution in [0.25, 0.3) is 0 Å². The predicted octanol–water partition coefficient (Wildman–Crippen LogP) is 3.12. The second-order valence-electron chi connectivity index (χ2n) is 4.69. The molecule has 4 heteroatoms. The highest BCUT2D eigenvalue weighted by molar-refractivity contribution is 5.95. The van der Waals surface area contributed by atoms with Gasteiger partial charge in [-0.25, -0.2) is 0 Å². The summed E-state index contributed by atoms with van der Waals surface area (Å²) >= 11 is 0. The molecule has 2 aromatic carbocycles. The highest BCUT2D eigenvalue weighted by atomic mass is 16.5. The molecular weight excluding hydrogens is 264 g/mol. The van der Waals surface area contributed by atoms with E-state index in [-0.39, 0.29) is 5.84 Å². The van der Waals surface area contributed by atoms with Crippen LogP contribution in [0.1, 0.15) is 23.6 Å². The number of aryl methyl sites for hydroxylation is 1. The number of nitrogen functional groups attached to an aromatic ring is 1. The average Bonchev–Trinajstić information content (AvgIpc) is 2.52. The van der Waals surface area contributed by atoms with Crippen molar-refractivity contribution in [2.45, 2.75) is 20.0 Å². The van der Waals surface area contributed by atoms with E-state index in [1.165, 1.54) is 5.56 Å². The van der Waals surface area contributed by atoms with Gasteiger partial charge >= 0.3 is 0 Å². The molecule has 0 heterocycles. The minimum Gasteiger partial charge on any atom is -0.496 e. The maximum absolute atomic E-state index is 7.52. The summed E-state index contributed by atoms with van der Waals surface area (Å²) < 4.78 is 11.2. The number of ether oxygens (including phenoxy) is 2. The van der Waals surface area contributed by atoms with Crippen molar-refractivity contribution >= 4 is 5.84 Å². The molecule has 0 atom stereocenters. The molecule has 0 aromatic heterocycles. The Labute approximate surface area is 125 Å². The maximum Gasteiger partial charge on any atom is 0.125 e. The largest absolute Gasteiger partial charge is 0.496 e. The van der Waals surface area contributed by atoms with Gasteiger partial charge in [0.1, 0.15) is 23.9 Å². The first-order valence-corrected chi connectivity index (χ1v) is 6.87. The van der Waals surface area contributed by atoms with Crippen LogP contribution >= 0.6 is 0 Å². The van der Waals surface area contributed by atoms with E-state index in [4.69, 9.17) is 20.6 Å². The zero-order valence-corrected chi connectivity index (χ0v) is 12.3. The lowest BCUT2D eigenvalue weighted by molar-refractivity contribution is 0.294. The monoisotopic (exact) mass is 284 g/mol. The Morgan fingerprint density at radius 2 is 1.86 bits per heavy atom. The van der Waals surface area contributed by atoms with Crippen LogP contribution in [-0.4, -0.2) is 12.9 Å². The molecule has 2 rings (SSSR count). The number of nitrogens with one attached hydrogen (secondary N) is 1. The van der Waals surface area contributed by atoms with Crippen LogP contribution in [0.4, 0.5) is 0 Å². The third-order valence-electron chi connectivity index (χ3n) is 3.33. The smallest absolute Gasteiger partial charge is 0.125 e. The molecule has 4 nitrogen and oxygen atoms in total. The first kappa shape index (κ1) is 14.9. The molecule has 0 radical (unpaired) electrons. The van der Waals surface area contributed by atoms with E-state index in [0.29, 0.717) is 12.2 Å². The Kier molecular flexibility index (Phi) is 4.82. The Morgan fingerprint density at radius 1 is 1.10 bits per heavy atom. The lowest BCUT2D eigenvalue weighted by Crippen LogP contribution is -2.12. The Balaban J connectivity index is 2.22. The van der Waals surface area contributed by atoms with Gasteiger partial charge in [-0.2, -0.15) is 0 Å². The zero-order chi connectivity index (χ0) is 15.2. The third kappa shape index (κ3) is 3.54. The Bertz CT molecular complexity index is 638. The minimum absolute atomic E-state index is 0.0351. The van der Waals surface area contributed by atoms with Crippen molar-refractivity contribution < 1.29 is 9.47 Å². The van der Waals surface area contributed by atoms with Gasteiger partial charge < -0.3 is 15.2 Å². The Morgan fingerprint density at radius 3 is 2.52 bits per heavy atom. The summed E-state index contributed by atoms with van der Waals surface area (Å²) in [6, 6.07) is 13.4. The van der Waals surface area contributed by atoms with Crippen molar-refractivity contribution in [1.29, 1.82) is 5.41 Å². The van der Waals surface area contributed by atoms with E-state index in [1.807, 2.05) is 24.3 Å². The van der Waals surface area contributed by atoms with Gasteiger partial charge in [-0.1, -0.05) is 25.1 Å². The molecule has 0 aliphatic rings. The lowest BCUT2D eigenvalue weighted by Gasteiger charge is -2.13. The van der Waals surface area contributed by atoms with E-state index in [0.717, 1.165) is 23.5 Å². The summed E-state index contributed by atoms with van der Waals surface area (Å²) in [5, 5.41) is 7.52. The van der Waals surface area contributed by atoms with E-state index >= 15 is 0 Å². The normalized spacial score (nSPS) is 10.2. The van der Waals surface area contributed by atoms with Crippen LogP contribution in [0.2, 0.25) is 0 Å². The van der Waals surface area contributed by atoms with Gasteiger partial charge in [-0.3, -0.25) is 5.41 Å². The van der Waals surface area contributed by atoms with Crippen LogP contribution in [0.5, 0.6) is 11.5 Å². The second-order valence-corrected chi connectivity index (χ2v) is 4.69. The Hall–Kier alpha value is -2.49. The molecular formula is C17H20N2O2. The quantitative estimate of drug-likeness (QED) is 0.632. The van der Waals surface area contributed by atoms with Gasteiger partial charge in [0, 0.05) is 11.1 Å². The zero-order valence-electron chi connectivity index (χ0n) is 12.3. The van der Waals surface area contributed by atoms with Crippen LogP contribution < -0.4 is 15.2 Å². The molecule has 0 saturated carbocycles. The van der Waals surface area contributed by atoms with Crippen molar-refractivity contribution in [1.82, 2.24) is 0 Å². The van der Waals surface area contributed by atoms with Crippen molar-refractivity contribution in [2.24, 2.45) is 5.73 Å². The van der Waals surface area contributed by atoms with Gasteiger partial charge in [0.05, 0.1) is 7.11 Å². The molecule has 0 unspecified atom stereocenters. The molecule has 3 N–H and O–H groups in total. The highest BCUT2D eigenvalue weighted by Gasteiger charge is 2.08. The molecule has 21 heavy (non-hydrogen) atoms. The number of hydrogen-bond donors (Lipinski definition) is 2. The first-order valence-electron chi connectivity index (χ1n) is 6.87. The summed E-state index contributed by atoms with van der Waals surface area (Å²) in [5.74, 6) is 1.64. The fourth-order valence-electron chi connectivity index (χ4n) is 2.15. The number of rotatable bonds is 6. The summed E-state index contributed by atoms with van der Waals surface area (Å²) in [6.07, 6.45) is 0.917. The number of amidine groups is 1. The van der Waals surface area contributed by atoms with Crippen molar-refractivity contribution in [3.63, 3.8) is 0 Å². The van der Waals surface area contributed by atoms with E-state index in [1.54, 1.807) is 19.2 Å². The number of para-hydroxylation sites is 1. The molecule has 0 amide bonds. The van der Waals surface area contributed by atoms with Gasteiger partial charge in [-0.15, -0.1) is 0 Å². The fourth-order valence-corrected chi connectivity index (χ4v) is 2.15. The number of nitrogens with two attached hydrogens (primary N) is 1. The second kappa shape index (κ2) is 6.79. The van der Waals surface area contributed by atoms with Crippen LogP contribution in [0.15, 0.2) is 42.5 Å². The molecule has 0 saturated heterocycles. The minimum atomic E-state index is 0.0351. The van der Waals surface area contributed by atoms with Gasteiger partial charge in [-0.05, 0) is 36.2 Å². The SMILES string of the molecule is CCc1ccccc1OCc1cc(C(=N)N)ccc1OC. The fraction of sp³-hybridized carbons (Fsp3) is 0.235. The standard InChI is InChI=1S/C17H20N2O2/c1-3-12-6-4-5-7-16(12)21-11-14-10-13(17(18)19)8-9-15(14)20-2/h4-10H,3,11H2,1-2H3,(H3,18,19). The molecule has 0 bridgehead atoms. The van der Waals surface area contributed by atoms with Gasteiger partial charge in [0.2, 0.25) is 0 Å². The van der Waals surface area contributed by atoms with Crippen LogP contribution in [0, 0.1) is 5.41 Å². The summed E-state index contributed by atoms with van der Waals surface area (Å²) in [4.78, 5) is 0. The molecule has 0 aliphatic heterocycles. The van der Waals surface area contributed by atoms with Gasteiger partial charge in [0.25, 0.3) is 0 Å². The molecule has 0 spiro atoms. The van der Waals surface area contributed by atoms with E-state index in [2.05, 4.69) is 13.0 Å². The van der Waals surface area contributed by atoms with Gasteiger partial charge in [0.15, 0.2) is 0 Å². The first-order chi connectivity index (χ1) is 10.2. The molecule has 0 fully saturated rings. The third-order valence-corrected chi connectivity index (χ3v) is 3.33. The van der Waals surface area contributed by atoms with Crippen LogP contribution in [-0.2, 0) is 13.0 Å². The average molecular weight is 284 g/mol. The topological polar surface area (TPSA) is 68.3 Å². The molecule has 0 aliphatic carbocycles. The highest BCUT2D eigenvalue weighted by Crippen LogP contribution is 2.24. The number of hydrogen-bond acceptors (Lipinski definition) is 3. The van der Waals surface area contributed by atoms with E-state index < -0.39 is 0 Å². The number of benzene rings is 2. The molecule has 2 aromatic rings. The lowest BCUT2D eigenvalue weighted by atomic mass is 10.1. The summed E-state index contributed by atoms with van der Waals surface area (Å²) in [7, 11) is 1.62.